The van der Waals surface area contributed by atoms with Gasteiger partial charge in [0.15, 0.2) is 16.4 Å². The Kier molecular flexibility index (Phi) is 4.51. The smallest absolute Gasteiger partial charge is 0.257 e. The Morgan fingerprint density at radius 2 is 1.88 bits per heavy atom. The molecule has 1 rings (SSSR count). The molecule has 0 aliphatic rings. The number of benzene rings is 1. The second-order valence-electron chi connectivity index (χ2n) is 3.49. The van der Waals surface area contributed by atoms with Crippen LogP contribution in [0.15, 0.2) is 29.2 Å². The maximum Gasteiger partial charge on any atom is 0.257 e. The minimum atomic E-state index is -3.19. The van der Waals surface area contributed by atoms with E-state index in [1.54, 1.807) is 0 Å². The first-order chi connectivity index (χ1) is 7.93. The highest BCUT2D eigenvalue weighted by Crippen LogP contribution is 2.15. The molecule has 0 unspecified atom stereocenters. The zero-order chi connectivity index (χ0) is 12.9. The third kappa shape index (κ3) is 4.44. The summed E-state index contributed by atoms with van der Waals surface area (Å²) in [6, 6.07) is 5.94. The van der Waals surface area contributed by atoms with Gasteiger partial charge in [-0.1, -0.05) is 0 Å². The van der Waals surface area contributed by atoms with Gasteiger partial charge in [0, 0.05) is 12.8 Å². The maximum absolute atomic E-state index is 11.2. The van der Waals surface area contributed by atoms with Crippen LogP contribution in [0.5, 0.6) is 5.75 Å². The van der Waals surface area contributed by atoms with E-state index in [4.69, 9.17) is 4.74 Å². The van der Waals surface area contributed by atoms with Crippen molar-refractivity contribution >= 4 is 15.7 Å². The van der Waals surface area contributed by atoms with Gasteiger partial charge in [-0.05, 0) is 31.2 Å². The third-order valence-corrected chi connectivity index (χ3v) is 3.12. The second-order valence-corrected chi connectivity index (χ2v) is 5.50. The average molecular weight is 257 g/mol. The van der Waals surface area contributed by atoms with Crippen molar-refractivity contribution in [2.24, 2.45) is 0 Å². The first-order valence-corrected chi connectivity index (χ1v) is 7.02. The monoisotopic (exact) mass is 257 g/mol. The van der Waals surface area contributed by atoms with Gasteiger partial charge in [-0.2, -0.15) is 0 Å². The normalized spacial score (nSPS) is 10.9. The number of likely N-dealkylation sites (N-methyl/N-ethyl adjacent to an activating group) is 1. The predicted octanol–water partition coefficient (Wildman–Crippen LogP) is 0.605. The topological polar surface area (TPSA) is 72.5 Å². The zero-order valence-electron chi connectivity index (χ0n) is 9.76. The lowest BCUT2D eigenvalue weighted by atomic mass is 10.3. The molecule has 17 heavy (non-hydrogen) atoms. The van der Waals surface area contributed by atoms with E-state index in [1.165, 1.54) is 24.3 Å². The van der Waals surface area contributed by atoms with Crippen LogP contribution in [0.25, 0.3) is 0 Å². The number of hydrogen-bond donors (Lipinski definition) is 1. The molecule has 1 amide bonds. The van der Waals surface area contributed by atoms with E-state index in [9.17, 15) is 13.2 Å². The molecule has 0 aromatic heterocycles. The Morgan fingerprint density at radius 3 is 2.35 bits per heavy atom. The molecule has 94 valence electrons. The van der Waals surface area contributed by atoms with Crippen molar-refractivity contribution < 1.29 is 17.9 Å². The van der Waals surface area contributed by atoms with Crippen LogP contribution in [0.3, 0.4) is 0 Å². The molecular formula is C11H15NO4S. The quantitative estimate of drug-likeness (QED) is 0.838. The lowest BCUT2D eigenvalue weighted by molar-refractivity contribution is -0.122. The van der Waals surface area contributed by atoms with Gasteiger partial charge in [-0.25, -0.2) is 8.42 Å². The Balaban J connectivity index is 2.60. The summed E-state index contributed by atoms with van der Waals surface area (Å²) in [4.78, 5) is 11.3. The first-order valence-electron chi connectivity index (χ1n) is 5.13. The molecule has 1 N–H and O–H groups in total. The standard InChI is InChI=1S/C11H15NO4S/c1-3-12-11(13)8-16-9-4-6-10(7-5-9)17(2,14)15/h4-7H,3,8H2,1-2H3,(H,12,13). The molecule has 0 radical (unpaired) electrons. The maximum atomic E-state index is 11.2. The SMILES string of the molecule is CCNC(=O)COc1ccc(S(C)(=O)=O)cc1. The van der Waals surface area contributed by atoms with Crippen molar-refractivity contribution in [1.82, 2.24) is 5.32 Å². The molecule has 6 heteroatoms. The van der Waals surface area contributed by atoms with Gasteiger partial charge in [0.25, 0.3) is 5.91 Å². The second kappa shape index (κ2) is 5.67. The van der Waals surface area contributed by atoms with Crippen LogP contribution in [-0.4, -0.2) is 33.7 Å². The number of carbonyl (C=O) groups excluding carboxylic acids is 1. The third-order valence-electron chi connectivity index (χ3n) is 2.00. The molecule has 0 aliphatic heterocycles. The van der Waals surface area contributed by atoms with Gasteiger partial charge < -0.3 is 10.1 Å². The molecule has 5 nitrogen and oxygen atoms in total. The number of amides is 1. The van der Waals surface area contributed by atoms with E-state index in [2.05, 4.69) is 5.32 Å². The predicted molar refractivity (Wildman–Crippen MR) is 63.7 cm³/mol. The highest BCUT2D eigenvalue weighted by atomic mass is 32.2. The van der Waals surface area contributed by atoms with Gasteiger partial charge in [0.05, 0.1) is 4.90 Å². The molecule has 0 saturated carbocycles. The summed E-state index contributed by atoms with van der Waals surface area (Å²) >= 11 is 0. The van der Waals surface area contributed by atoms with Gasteiger partial charge in [0.1, 0.15) is 5.75 Å². The van der Waals surface area contributed by atoms with Gasteiger partial charge in [-0.3, -0.25) is 4.79 Å². The van der Waals surface area contributed by atoms with Crippen LogP contribution >= 0.6 is 0 Å². The van der Waals surface area contributed by atoms with E-state index in [0.29, 0.717) is 12.3 Å². The molecule has 1 aromatic rings. The number of sulfone groups is 1. The molecule has 1 aromatic carbocycles. The summed E-state index contributed by atoms with van der Waals surface area (Å²) in [6.07, 6.45) is 1.14. The zero-order valence-corrected chi connectivity index (χ0v) is 10.6. The van der Waals surface area contributed by atoms with Crippen molar-refractivity contribution in [2.75, 3.05) is 19.4 Å². The van der Waals surface area contributed by atoms with Gasteiger partial charge in [-0.15, -0.1) is 0 Å². The van der Waals surface area contributed by atoms with E-state index in [0.717, 1.165) is 6.26 Å². The van der Waals surface area contributed by atoms with E-state index in [1.807, 2.05) is 6.92 Å². The van der Waals surface area contributed by atoms with E-state index < -0.39 is 9.84 Å². The van der Waals surface area contributed by atoms with Crippen molar-refractivity contribution in [3.63, 3.8) is 0 Å². The van der Waals surface area contributed by atoms with Gasteiger partial charge in [0.2, 0.25) is 0 Å². The minimum Gasteiger partial charge on any atom is -0.484 e. The fraction of sp³-hybridized carbons (Fsp3) is 0.364. The van der Waals surface area contributed by atoms with Crippen LogP contribution in [-0.2, 0) is 14.6 Å². The molecule has 0 fully saturated rings. The van der Waals surface area contributed by atoms with Crippen LogP contribution in [0, 0.1) is 0 Å². The van der Waals surface area contributed by atoms with Crippen LogP contribution in [0.2, 0.25) is 0 Å². The van der Waals surface area contributed by atoms with E-state index in [-0.39, 0.29) is 17.4 Å². The minimum absolute atomic E-state index is 0.0773. The molecule has 0 saturated heterocycles. The number of hydrogen-bond acceptors (Lipinski definition) is 4. The Bertz CT molecular complexity index is 479. The lowest BCUT2D eigenvalue weighted by Crippen LogP contribution is -2.28. The first kappa shape index (κ1) is 13.5. The summed E-state index contributed by atoms with van der Waals surface area (Å²) < 4.78 is 27.6. The van der Waals surface area contributed by atoms with Crippen molar-refractivity contribution in [3.05, 3.63) is 24.3 Å². The van der Waals surface area contributed by atoms with Crippen LogP contribution in [0.1, 0.15) is 6.92 Å². The Morgan fingerprint density at radius 1 is 1.29 bits per heavy atom. The molecule has 0 heterocycles. The fourth-order valence-corrected chi connectivity index (χ4v) is 1.81. The molecule has 0 atom stereocenters. The van der Waals surface area contributed by atoms with Gasteiger partial charge >= 0.3 is 0 Å². The number of ether oxygens (including phenoxy) is 1. The molecule has 0 aliphatic carbocycles. The summed E-state index contributed by atoms with van der Waals surface area (Å²) in [7, 11) is -3.19. The highest BCUT2D eigenvalue weighted by Gasteiger charge is 2.07. The molecular weight excluding hydrogens is 242 g/mol. The lowest BCUT2D eigenvalue weighted by Gasteiger charge is -2.06. The fourth-order valence-electron chi connectivity index (χ4n) is 1.18. The van der Waals surface area contributed by atoms with Crippen molar-refractivity contribution in [2.45, 2.75) is 11.8 Å². The van der Waals surface area contributed by atoms with Crippen molar-refractivity contribution in [1.29, 1.82) is 0 Å². The summed E-state index contributed by atoms with van der Waals surface area (Å²) in [6.45, 7) is 2.29. The summed E-state index contributed by atoms with van der Waals surface area (Å²) in [5.41, 5.74) is 0. The number of nitrogens with one attached hydrogen (secondary N) is 1. The molecule has 0 spiro atoms. The number of rotatable bonds is 5. The number of carbonyl (C=O) groups is 1. The van der Waals surface area contributed by atoms with Crippen LogP contribution in [0.4, 0.5) is 0 Å². The summed E-state index contributed by atoms with van der Waals surface area (Å²) in [5, 5.41) is 2.59. The van der Waals surface area contributed by atoms with Crippen molar-refractivity contribution in [3.8, 4) is 5.75 Å². The molecule has 0 bridgehead atoms. The Hall–Kier alpha value is -1.56. The Labute approximate surface area is 101 Å². The summed E-state index contributed by atoms with van der Waals surface area (Å²) in [5.74, 6) is 0.253. The highest BCUT2D eigenvalue weighted by molar-refractivity contribution is 7.90. The largest absolute Gasteiger partial charge is 0.484 e. The van der Waals surface area contributed by atoms with Crippen LogP contribution < -0.4 is 10.1 Å². The van der Waals surface area contributed by atoms with E-state index >= 15 is 0 Å². The average Bonchev–Trinajstić information content (AvgIpc) is 2.26.